The number of hydrogen-bond donors (Lipinski definition) is 8. The largest absolute Gasteiger partial charge is 0.508 e. The van der Waals surface area contributed by atoms with Gasteiger partial charge in [-0.15, -0.1) is 0 Å². The van der Waals surface area contributed by atoms with Gasteiger partial charge in [0.2, 0.25) is 0 Å². The Morgan fingerprint density at radius 3 is 1.23 bits per heavy atom. The molecule has 0 bridgehead atoms. The smallest absolute Gasteiger partial charge is 0.135 e. The van der Waals surface area contributed by atoms with Crippen molar-refractivity contribution in [2.24, 2.45) is 0 Å². The van der Waals surface area contributed by atoms with Crippen LogP contribution in [0.25, 0.3) is 0 Å². The lowest BCUT2D eigenvalue weighted by atomic mass is 9.71. The number of rotatable bonds is 6. The average Bonchev–Trinajstić information content (AvgIpc) is 3.68. The second kappa shape index (κ2) is 12.7. The molecule has 0 amide bonds. The quantitative estimate of drug-likeness (QED) is 0.0850. The molecule has 2 aliphatic heterocycles. The monoisotopic (exact) mass is 698 g/mol. The van der Waals surface area contributed by atoms with Crippen LogP contribution in [0.4, 0.5) is 0 Å². The van der Waals surface area contributed by atoms with Crippen molar-refractivity contribution in [3.05, 3.63) is 160 Å². The molecule has 8 N–H and O–H groups in total. The number of fused-ring (bicyclic) bond motifs is 1. The van der Waals surface area contributed by atoms with Crippen LogP contribution in [0, 0.1) is 0 Å². The number of aromatic hydroxyl groups is 8. The Kier molecular flexibility index (Phi) is 7.96. The van der Waals surface area contributed by atoms with Crippen molar-refractivity contribution in [2.45, 2.75) is 36.1 Å². The summed E-state index contributed by atoms with van der Waals surface area (Å²) in [7, 11) is 0. The highest BCUT2D eigenvalue weighted by Gasteiger charge is 2.51. The molecule has 10 heteroatoms. The fourth-order valence-electron chi connectivity index (χ4n) is 7.91. The van der Waals surface area contributed by atoms with Crippen LogP contribution in [0.2, 0.25) is 0 Å². The lowest BCUT2D eigenvalue weighted by Crippen LogP contribution is -2.17. The molecule has 2 aliphatic rings. The van der Waals surface area contributed by atoms with Crippen molar-refractivity contribution in [1.29, 1.82) is 0 Å². The standard InChI is InChI=1S/C42H34O10/c43-26-7-1-21(2-8-26)40-36(24-13-29(46)17-30(47)14-24)38-34(19-33(50)20-35(38)51-40)39-37(25-15-31(48)18-32(49)16-25)41(22-3-9-27(44)10-4-22)52-42(39)23-5-11-28(45)12-6-23/h1-20,36-37,39-50H/t36-,37-,39-,40+,41+,42-/m1/s1. The highest BCUT2D eigenvalue weighted by atomic mass is 16.5. The summed E-state index contributed by atoms with van der Waals surface area (Å²) in [6, 6.07) is 31.5. The first-order chi connectivity index (χ1) is 25.0. The zero-order valence-corrected chi connectivity index (χ0v) is 27.4. The molecule has 6 aromatic rings. The van der Waals surface area contributed by atoms with E-state index < -0.39 is 36.1 Å². The number of phenolic OH excluding ortho intramolecular Hbond substituents is 8. The fraction of sp³-hybridized carbons (Fsp3) is 0.143. The summed E-state index contributed by atoms with van der Waals surface area (Å²) < 4.78 is 13.6. The lowest BCUT2D eigenvalue weighted by molar-refractivity contribution is 0.0366. The highest BCUT2D eigenvalue weighted by Crippen LogP contribution is 2.63. The molecule has 0 aliphatic carbocycles. The van der Waals surface area contributed by atoms with Crippen molar-refractivity contribution in [3.63, 3.8) is 0 Å². The van der Waals surface area contributed by atoms with Crippen LogP contribution in [0.15, 0.2) is 121 Å². The van der Waals surface area contributed by atoms with Crippen LogP contribution in [0.1, 0.15) is 75.0 Å². The van der Waals surface area contributed by atoms with Gasteiger partial charge in [-0.1, -0.05) is 36.4 Å². The summed E-state index contributed by atoms with van der Waals surface area (Å²) in [4.78, 5) is 0. The molecule has 6 atom stereocenters. The van der Waals surface area contributed by atoms with Gasteiger partial charge in [-0.3, -0.25) is 0 Å². The Morgan fingerprint density at radius 2 is 0.750 bits per heavy atom. The van der Waals surface area contributed by atoms with Gasteiger partial charge in [-0.25, -0.2) is 0 Å². The van der Waals surface area contributed by atoms with Crippen LogP contribution in [0.3, 0.4) is 0 Å². The van der Waals surface area contributed by atoms with Crippen molar-refractivity contribution >= 4 is 0 Å². The molecule has 0 spiro atoms. The Morgan fingerprint density at radius 1 is 0.346 bits per heavy atom. The van der Waals surface area contributed by atoms with Crippen LogP contribution in [-0.4, -0.2) is 40.9 Å². The molecular weight excluding hydrogens is 664 g/mol. The van der Waals surface area contributed by atoms with Crippen molar-refractivity contribution in [2.75, 3.05) is 0 Å². The summed E-state index contributed by atoms with van der Waals surface area (Å²) in [6.07, 6.45) is -2.20. The third-order valence-electron chi connectivity index (χ3n) is 9.98. The molecule has 8 rings (SSSR count). The van der Waals surface area contributed by atoms with E-state index >= 15 is 0 Å². The first-order valence-corrected chi connectivity index (χ1v) is 16.6. The third kappa shape index (κ3) is 5.88. The molecule has 6 aromatic carbocycles. The van der Waals surface area contributed by atoms with Gasteiger partial charge < -0.3 is 50.3 Å². The van der Waals surface area contributed by atoms with Gasteiger partial charge in [-0.05, 0) is 100 Å². The van der Waals surface area contributed by atoms with E-state index in [0.29, 0.717) is 44.7 Å². The van der Waals surface area contributed by atoms with Gasteiger partial charge in [0, 0.05) is 35.6 Å². The second-order valence-corrected chi connectivity index (χ2v) is 13.3. The minimum atomic E-state index is -0.745. The minimum absolute atomic E-state index is 0.0509. The average molecular weight is 699 g/mol. The molecule has 262 valence electrons. The Hall–Kier alpha value is -6.52. The third-order valence-corrected chi connectivity index (χ3v) is 9.98. The van der Waals surface area contributed by atoms with Gasteiger partial charge in [0.05, 0.1) is 18.1 Å². The lowest BCUT2D eigenvalue weighted by Gasteiger charge is -2.29. The maximum atomic E-state index is 11.4. The van der Waals surface area contributed by atoms with E-state index in [4.69, 9.17) is 9.47 Å². The summed E-state index contributed by atoms with van der Waals surface area (Å²) >= 11 is 0. The summed E-state index contributed by atoms with van der Waals surface area (Å²) in [6.45, 7) is 0. The Labute approximate surface area is 297 Å². The predicted molar refractivity (Wildman–Crippen MR) is 189 cm³/mol. The van der Waals surface area contributed by atoms with Gasteiger partial charge in [0.15, 0.2) is 0 Å². The van der Waals surface area contributed by atoms with Gasteiger partial charge >= 0.3 is 0 Å². The maximum Gasteiger partial charge on any atom is 0.135 e. The van der Waals surface area contributed by atoms with E-state index in [1.54, 1.807) is 91.0 Å². The molecule has 0 unspecified atom stereocenters. The van der Waals surface area contributed by atoms with E-state index in [0.717, 1.165) is 0 Å². The fourth-order valence-corrected chi connectivity index (χ4v) is 7.91. The van der Waals surface area contributed by atoms with Gasteiger partial charge in [0.1, 0.15) is 57.8 Å². The summed E-state index contributed by atoms with van der Waals surface area (Å²) in [5.41, 5.74) is 4.34. The number of hydrogen-bond acceptors (Lipinski definition) is 10. The molecule has 1 saturated heterocycles. The SMILES string of the molecule is Oc1ccc([C@H]2O[C@@H](c3ccc(O)cc3)[C@H](c3cc(O)cc(O)c3)[C@H]2c2cc(O)cc3c2[C@@H](c2cc(O)cc(O)c2)[C@H](c2ccc(O)cc2)O3)cc1. The van der Waals surface area contributed by atoms with E-state index in [2.05, 4.69) is 0 Å². The zero-order chi connectivity index (χ0) is 36.3. The predicted octanol–water partition coefficient (Wildman–Crippen LogP) is 7.98. The highest BCUT2D eigenvalue weighted by molar-refractivity contribution is 5.60. The molecule has 0 radical (unpaired) electrons. The molecule has 2 heterocycles. The number of ether oxygens (including phenoxy) is 2. The zero-order valence-electron chi connectivity index (χ0n) is 27.4. The Balaban J connectivity index is 1.41. The molecular formula is C42H34O10. The number of benzene rings is 6. The van der Waals surface area contributed by atoms with Crippen molar-refractivity contribution in [1.82, 2.24) is 0 Å². The first-order valence-electron chi connectivity index (χ1n) is 16.6. The maximum absolute atomic E-state index is 11.4. The normalized spacial score (nSPS) is 22.2. The van der Waals surface area contributed by atoms with Crippen molar-refractivity contribution in [3.8, 4) is 51.7 Å². The van der Waals surface area contributed by atoms with Gasteiger partial charge in [0.25, 0.3) is 0 Å². The first kappa shape index (κ1) is 32.7. The summed E-state index contributed by atoms with van der Waals surface area (Å²) in [5, 5.41) is 84.7. The topological polar surface area (TPSA) is 180 Å². The van der Waals surface area contributed by atoms with E-state index in [1.165, 1.54) is 30.3 Å². The van der Waals surface area contributed by atoms with Crippen LogP contribution in [-0.2, 0) is 4.74 Å². The number of phenols is 8. The van der Waals surface area contributed by atoms with Crippen LogP contribution >= 0.6 is 0 Å². The van der Waals surface area contributed by atoms with Gasteiger partial charge in [-0.2, -0.15) is 0 Å². The van der Waals surface area contributed by atoms with E-state index in [9.17, 15) is 40.9 Å². The minimum Gasteiger partial charge on any atom is -0.508 e. The molecule has 0 saturated carbocycles. The van der Waals surface area contributed by atoms with Crippen LogP contribution in [0.5, 0.6) is 51.7 Å². The molecule has 10 nitrogen and oxygen atoms in total. The second-order valence-electron chi connectivity index (χ2n) is 13.3. The van der Waals surface area contributed by atoms with Crippen LogP contribution < -0.4 is 4.74 Å². The van der Waals surface area contributed by atoms with Crippen molar-refractivity contribution < 1.29 is 50.3 Å². The summed E-state index contributed by atoms with van der Waals surface area (Å²) in [5.74, 6) is -2.24. The van der Waals surface area contributed by atoms with E-state index in [-0.39, 0.29) is 46.0 Å². The molecule has 52 heavy (non-hydrogen) atoms. The molecule has 0 aromatic heterocycles. The molecule has 1 fully saturated rings. The Bertz CT molecular complexity index is 2230. The van der Waals surface area contributed by atoms with E-state index in [1.807, 2.05) is 0 Å².